The highest BCUT2D eigenvalue weighted by Gasteiger charge is 2.15. The molecule has 2 aromatic carbocycles. The molecule has 0 radical (unpaired) electrons. The second-order valence-electron chi connectivity index (χ2n) is 5.16. The highest BCUT2D eigenvalue weighted by atomic mass is 19.1. The standard InChI is InChI=1S/C17H17F2NO2/c18-13-3-1-12(2-4-13)16-9-14(19)5-6-17(16)22-11-15-10-20-7-8-21-15/h1-6,9,15,20H,7-8,10-11H2. The summed E-state index contributed by atoms with van der Waals surface area (Å²) in [7, 11) is 0. The number of ether oxygens (including phenoxy) is 2. The Kier molecular flexibility index (Phi) is 4.65. The molecule has 0 amide bonds. The molecule has 0 bridgehead atoms. The van der Waals surface area contributed by atoms with Crippen molar-refractivity contribution >= 4 is 0 Å². The summed E-state index contributed by atoms with van der Waals surface area (Å²) < 4.78 is 38.0. The molecule has 1 heterocycles. The van der Waals surface area contributed by atoms with Gasteiger partial charge in [-0.1, -0.05) is 12.1 Å². The number of hydrogen-bond acceptors (Lipinski definition) is 3. The van der Waals surface area contributed by atoms with Crippen LogP contribution in [0.4, 0.5) is 8.78 Å². The SMILES string of the molecule is Fc1ccc(-c2cc(F)ccc2OCC2CNCCO2)cc1. The molecule has 0 saturated carbocycles. The molecule has 22 heavy (non-hydrogen) atoms. The van der Waals surface area contributed by atoms with E-state index in [9.17, 15) is 8.78 Å². The molecule has 0 spiro atoms. The maximum Gasteiger partial charge on any atom is 0.127 e. The van der Waals surface area contributed by atoms with Gasteiger partial charge >= 0.3 is 0 Å². The molecule has 1 atom stereocenters. The molecule has 2 aromatic rings. The van der Waals surface area contributed by atoms with Crippen LogP contribution in [0.5, 0.6) is 5.75 Å². The molecule has 1 aliphatic rings. The van der Waals surface area contributed by atoms with Gasteiger partial charge in [-0.15, -0.1) is 0 Å². The van der Waals surface area contributed by atoms with Crippen molar-refractivity contribution in [2.75, 3.05) is 26.3 Å². The van der Waals surface area contributed by atoms with Crippen molar-refractivity contribution < 1.29 is 18.3 Å². The first-order valence-corrected chi connectivity index (χ1v) is 7.23. The number of hydrogen-bond donors (Lipinski definition) is 1. The fraction of sp³-hybridized carbons (Fsp3) is 0.294. The van der Waals surface area contributed by atoms with Crippen LogP contribution in [0.2, 0.25) is 0 Å². The van der Waals surface area contributed by atoms with Crippen LogP contribution in [0.15, 0.2) is 42.5 Å². The third-order valence-electron chi connectivity index (χ3n) is 3.53. The zero-order valence-electron chi connectivity index (χ0n) is 12.0. The summed E-state index contributed by atoms with van der Waals surface area (Å²) in [5, 5.41) is 3.23. The van der Waals surface area contributed by atoms with Crippen LogP contribution in [0.1, 0.15) is 0 Å². The second kappa shape index (κ2) is 6.85. The fourth-order valence-corrected chi connectivity index (χ4v) is 2.39. The van der Waals surface area contributed by atoms with Crippen molar-refractivity contribution in [3.05, 3.63) is 54.1 Å². The molecule has 1 N–H and O–H groups in total. The Bertz CT molecular complexity index is 625. The number of morpholine rings is 1. The molecule has 3 rings (SSSR count). The third-order valence-corrected chi connectivity index (χ3v) is 3.53. The van der Waals surface area contributed by atoms with Gasteiger partial charge in [-0.2, -0.15) is 0 Å². The summed E-state index contributed by atoms with van der Waals surface area (Å²) in [6.45, 7) is 2.61. The van der Waals surface area contributed by atoms with Crippen molar-refractivity contribution in [2.24, 2.45) is 0 Å². The van der Waals surface area contributed by atoms with Gasteiger partial charge in [-0.3, -0.25) is 0 Å². The van der Waals surface area contributed by atoms with Crippen molar-refractivity contribution in [2.45, 2.75) is 6.10 Å². The lowest BCUT2D eigenvalue weighted by atomic mass is 10.0. The topological polar surface area (TPSA) is 30.5 Å². The van der Waals surface area contributed by atoms with Gasteiger partial charge in [-0.25, -0.2) is 8.78 Å². The zero-order valence-corrected chi connectivity index (χ0v) is 12.0. The smallest absolute Gasteiger partial charge is 0.127 e. The Morgan fingerprint density at radius 2 is 1.86 bits per heavy atom. The lowest BCUT2D eigenvalue weighted by molar-refractivity contribution is 0.000306. The maximum absolute atomic E-state index is 13.5. The molecular formula is C17H17F2NO2. The summed E-state index contributed by atoms with van der Waals surface area (Å²) in [6, 6.07) is 10.2. The first-order chi connectivity index (χ1) is 10.7. The lowest BCUT2D eigenvalue weighted by Gasteiger charge is -2.24. The van der Waals surface area contributed by atoms with E-state index < -0.39 is 0 Å². The fourth-order valence-electron chi connectivity index (χ4n) is 2.39. The molecule has 3 nitrogen and oxygen atoms in total. The molecule has 1 saturated heterocycles. The monoisotopic (exact) mass is 305 g/mol. The van der Waals surface area contributed by atoms with Crippen LogP contribution in [0, 0.1) is 11.6 Å². The molecule has 0 aliphatic carbocycles. The van der Waals surface area contributed by atoms with E-state index in [4.69, 9.17) is 9.47 Å². The van der Waals surface area contributed by atoms with Gasteiger partial charge in [-0.05, 0) is 35.9 Å². The molecule has 1 fully saturated rings. The maximum atomic E-state index is 13.5. The minimum absolute atomic E-state index is 0.0279. The van der Waals surface area contributed by atoms with Crippen molar-refractivity contribution in [1.82, 2.24) is 5.32 Å². The molecule has 5 heteroatoms. The largest absolute Gasteiger partial charge is 0.490 e. The first-order valence-electron chi connectivity index (χ1n) is 7.23. The average molecular weight is 305 g/mol. The van der Waals surface area contributed by atoms with Crippen LogP contribution >= 0.6 is 0 Å². The van der Waals surface area contributed by atoms with Gasteiger partial charge in [0.2, 0.25) is 0 Å². The predicted molar refractivity (Wildman–Crippen MR) is 79.9 cm³/mol. The Hall–Kier alpha value is -1.98. The van der Waals surface area contributed by atoms with E-state index in [0.29, 0.717) is 30.1 Å². The summed E-state index contributed by atoms with van der Waals surface area (Å²) in [6.07, 6.45) is -0.0279. The van der Waals surface area contributed by atoms with E-state index in [0.717, 1.165) is 13.1 Å². The summed E-state index contributed by atoms with van der Waals surface area (Å²) in [5.41, 5.74) is 1.31. The summed E-state index contributed by atoms with van der Waals surface area (Å²) >= 11 is 0. The number of rotatable bonds is 4. The van der Waals surface area contributed by atoms with Crippen LogP contribution in [0.3, 0.4) is 0 Å². The first kappa shape index (κ1) is 14.9. The van der Waals surface area contributed by atoms with E-state index >= 15 is 0 Å². The van der Waals surface area contributed by atoms with Gasteiger partial charge in [0.15, 0.2) is 0 Å². The summed E-state index contributed by atoms with van der Waals surface area (Å²) in [4.78, 5) is 0. The lowest BCUT2D eigenvalue weighted by Crippen LogP contribution is -2.41. The van der Waals surface area contributed by atoms with E-state index in [1.165, 1.54) is 24.3 Å². The Morgan fingerprint density at radius 1 is 1.09 bits per heavy atom. The average Bonchev–Trinajstić information content (AvgIpc) is 2.55. The van der Waals surface area contributed by atoms with E-state index in [1.807, 2.05) is 0 Å². The highest BCUT2D eigenvalue weighted by molar-refractivity contribution is 5.70. The van der Waals surface area contributed by atoms with E-state index in [2.05, 4.69) is 5.32 Å². The van der Waals surface area contributed by atoms with Gasteiger partial charge in [0.05, 0.1) is 6.61 Å². The molecule has 1 aliphatic heterocycles. The minimum Gasteiger partial charge on any atom is -0.490 e. The van der Waals surface area contributed by atoms with E-state index in [-0.39, 0.29) is 17.7 Å². The normalized spacial score (nSPS) is 18.2. The van der Waals surface area contributed by atoms with Gasteiger partial charge in [0.1, 0.15) is 30.1 Å². The molecule has 116 valence electrons. The van der Waals surface area contributed by atoms with Gasteiger partial charge in [0, 0.05) is 18.7 Å². The predicted octanol–water partition coefficient (Wildman–Crippen LogP) is 3.00. The van der Waals surface area contributed by atoms with Gasteiger partial charge in [0.25, 0.3) is 0 Å². The van der Waals surface area contributed by atoms with Gasteiger partial charge < -0.3 is 14.8 Å². The van der Waals surface area contributed by atoms with Crippen LogP contribution in [0.25, 0.3) is 11.1 Å². The Morgan fingerprint density at radius 3 is 2.59 bits per heavy atom. The van der Waals surface area contributed by atoms with E-state index in [1.54, 1.807) is 18.2 Å². The van der Waals surface area contributed by atoms with Crippen LogP contribution < -0.4 is 10.1 Å². The third kappa shape index (κ3) is 3.61. The Labute approximate surface area is 127 Å². The van der Waals surface area contributed by atoms with Crippen molar-refractivity contribution in [3.63, 3.8) is 0 Å². The molecule has 1 unspecified atom stereocenters. The Balaban J connectivity index is 1.79. The molecular weight excluding hydrogens is 288 g/mol. The highest BCUT2D eigenvalue weighted by Crippen LogP contribution is 2.31. The molecule has 0 aromatic heterocycles. The zero-order chi connectivity index (χ0) is 15.4. The number of nitrogens with one attached hydrogen (secondary N) is 1. The summed E-state index contributed by atoms with van der Waals surface area (Å²) in [5.74, 6) is -0.131. The quantitative estimate of drug-likeness (QED) is 0.942. The number of benzene rings is 2. The second-order valence-corrected chi connectivity index (χ2v) is 5.16. The van der Waals surface area contributed by atoms with Crippen molar-refractivity contribution in [1.29, 1.82) is 0 Å². The van der Waals surface area contributed by atoms with Crippen molar-refractivity contribution in [3.8, 4) is 16.9 Å². The minimum atomic E-state index is -0.359. The van der Waals surface area contributed by atoms with Crippen LogP contribution in [-0.2, 0) is 4.74 Å². The van der Waals surface area contributed by atoms with Crippen LogP contribution in [-0.4, -0.2) is 32.4 Å². The number of halogens is 2.